The Morgan fingerprint density at radius 2 is 1.95 bits per heavy atom. The van der Waals surface area contributed by atoms with Gasteiger partial charge in [-0.25, -0.2) is 0 Å². The van der Waals surface area contributed by atoms with E-state index < -0.39 is 0 Å². The molecule has 1 amide bonds. The van der Waals surface area contributed by atoms with Crippen LogP contribution in [0, 0.1) is 6.92 Å². The van der Waals surface area contributed by atoms with Gasteiger partial charge in [-0.15, -0.1) is 0 Å². The Hall–Kier alpha value is -2.20. The van der Waals surface area contributed by atoms with Gasteiger partial charge < -0.3 is 15.8 Å². The molecule has 20 heavy (non-hydrogen) atoms. The van der Waals surface area contributed by atoms with Crippen molar-refractivity contribution in [3.63, 3.8) is 0 Å². The van der Waals surface area contributed by atoms with Gasteiger partial charge in [-0.3, -0.25) is 4.79 Å². The minimum atomic E-state index is -0.192. The van der Waals surface area contributed by atoms with Gasteiger partial charge in [0, 0.05) is 17.6 Å². The van der Waals surface area contributed by atoms with Crippen molar-refractivity contribution >= 4 is 23.2 Å². The molecule has 5 heteroatoms. The summed E-state index contributed by atoms with van der Waals surface area (Å²) in [6.45, 7) is 1.89. The Bertz CT molecular complexity index is 656. The van der Waals surface area contributed by atoms with Crippen LogP contribution in [0.4, 0.5) is 5.69 Å². The van der Waals surface area contributed by atoms with E-state index >= 15 is 0 Å². The number of ether oxygens (including phenoxy) is 1. The van der Waals surface area contributed by atoms with Gasteiger partial charge in [0.25, 0.3) is 5.91 Å². The molecule has 0 fully saturated rings. The third-order valence-corrected chi connectivity index (χ3v) is 3.09. The molecule has 0 unspecified atom stereocenters. The minimum absolute atomic E-state index is 0.192. The molecule has 0 aliphatic carbocycles. The van der Waals surface area contributed by atoms with Crippen LogP contribution in [0.1, 0.15) is 15.9 Å². The van der Waals surface area contributed by atoms with Crippen molar-refractivity contribution in [2.75, 3.05) is 12.8 Å². The van der Waals surface area contributed by atoms with Crippen molar-refractivity contribution < 1.29 is 9.53 Å². The van der Waals surface area contributed by atoms with Crippen LogP contribution in [0.5, 0.6) is 11.5 Å². The fourth-order valence-electron chi connectivity index (χ4n) is 1.75. The Morgan fingerprint density at radius 1 is 1.20 bits per heavy atom. The van der Waals surface area contributed by atoms with E-state index in [0.29, 0.717) is 27.8 Å². The first-order valence-corrected chi connectivity index (χ1v) is 6.44. The van der Waals surface area contributed by atoms with Crippen LogP contribution in [0.3, 0.4) is 0 Å². The summed E-state index contributed by atoms with van der Waals surface area (Å²) < 4.78 is 5.77. The Morgan fingerprint density at radius 3 is 2.60 bits per heavy atom. The van der Waals surface area contributed by atoms with E-state index in [1.165, 1.54) is 0 Å². The number of anilines is 1. The van der Waals surface area contributed by atoms with Gasteiger partial charge in [-0.2, -0.15) is 0 Å². The molecule has 0 bridgehead atoms. The molecular formula is C15H15ClN2O2. The van der Waals surface area contributed by atoms with Gasteiger partial charge in [0.05, 0.1) is 5.69 Å². The molecule has 0 aromatic heterocycles. The molecular weight excluding hydrogens is 276 g/mol. The maximum absolute atomic E-state index is 11.6. The zero-order valence-electron chi connectivity index (χ0n) is 11.2. The van der Waals surface area contributed by atoms with Crippen LogP contribution < -0.4 is 15.8 Å². The lowest BCUT2D eigenvalue weighted by Gasteiger charge is -2.12. The lowest BCUT2D eigenvalue weighted by molar-refractivity contribution is 0.0963. The number of carbonyl (C=O) groups excluding carboxylic acids is 1. The second-order valence-corrected chi connectivity index (χ2v) is 4.78. The number of amides is 1. The number of nitrogens with two attached hydrogens (primary N) is 1. The molecule has 0 aliphatic heterocycles. The fraction of sp³-hybridized carbons (Fsp3) is 0.133. The first-order valence-electron chi connectivity index (χ1n) is 6.07. The van der Waals surface area contributed by atoms with E-state index in [1.54, 1.807) is 43.4 Å². The number of carbonyl (C=O) groups is 1. The summed E-state index contributed by atoms with van der Waals surface area (Å²) in [5.74, 6) is 0.898. The molecule has 104 valence electrons. The van der Waals surface area contributed by atoms with Crippen molar-refractivity contribution in [1.82, 2.24) is 5.32 Å². The number of hydrogen-bond donors (Lipinski definition) is 2. The molecule has 0 saturated heterocycles. The van der Waals surface area contributed by atoms with E-state index in [2.05, 4.69) is 5.32 Å². The maximum atomic E-state index is 11.6. The number of rotatable bonds is 3. The summed E-state index contributed by atoms with van der Waals surface area (Å²) in [4.78, 5) is 11.6. The predicted molar refractivity (Wildman–Crippen MR) is 80.5 cm³/mol. The lowest BCUT2D eigenvalue weighted by atomic mass is 10.1. The normalized spacial score (nSPS) is 10.2. The Kier molecular flexibility index (Phi) is 4.15. The van der Waals surface area contributed by atoms with Crippen LogP contribution >= 0.6 is 11.6 Å². The molecule has 0 spiro atoms. The van der Waals surface area contributed by atoms with Gasteiger partial charge in [0.15, 0.2) is 5.75 Å². The predicted octanol–water partition coefficient (Wildman–Crippen LogP) is 3.38. The molecule has 4 nitrogen and oxygen atoms in total. The van der Waals surface area contributed by atoms with Crippen LogP contribution in [-0.2, 0) is 0 Å². The third-order valence-electron chi connectivity index (χ3n) is 2.86. The second kappa shape index (κ2) is 5.84. The third kappa shape index (κ3) is 3.03. The summed E-state index contributed by atoms with van der Waals surface area (Å²) in [5, 5.41) is 3.20. The summed E-state index contributed by atoms with van der Waals surface area (Å²) >= 11 is 5.90. The molecule has 2 aromatic rings. The topological polar surface area (TPSA) is 64.4 Å². The quantitative estimate of drug-likeness (QED) is 0.852. The number of nitrogens with one attached hydrogen (secondary N) is 1. The van der Waals surface area contributed by atoms with Crippen LogP contribution in [-0.4, -0.2) is 13.0 Å². The summed E-state index contributed by atoms with van der Waals surface area (Å²) in [6, 6.07) is 10.2. The lowest BCUT2D eigenvalue weighted by Crippen LogP contribution is -2.17. The summed E-state index contributed by atoms with van der Waals surface area (Å²) in [7, 11) is 1.57. The molecule has 2 rings (SSSR count). The van der Waals surface area contributed by atoms with E-state index in [-0.39, 0.29) is 5.91 Å². The monoisotopic (exact) mass is 290 g/mol. The average Bonchev–Trinajstić information content (AvgIpc) is 2.43. The van der Waals surface area contributed by atoms with E-state index in [9.17, 15) is 4.79 Å². The largest absolute Gasteiger partial charge is 0.455 e. The SMILES string of the molecule is CNC(=O)c1ccc(N)c(Oc2ccc(Cl)cc2C)c1. The highest BCUT2D eigenvalue weighted by Crippen LogP contribution is 2.31. The van der Waals surface area contributed by atoms with Gasteiger partial charge in [-0.05, 0) is 48.9 Å². The highest BCUT2D eigenvalue weighted by atomic mass is 35.5. The molecule has 0 aliphatic rings. The highest BCUT2D eigenvalue weighted by Gasteiger charge is 2.10. The average molecular weight is 291 g/mol. The molecule has 0 heterocycles. The smallest absolute Gasteiger partial charge is 0.251 e. The van der Waals surface area contributed by atoms with Crippen molar-refractivity contribution in [2.24, 2.45) is 0 Å². The van der Waals surface area contributed by atoms with Crippen molar-refractivity contribution in [2.45, 2.75) is 6.92 Å². The zero-order chi connectivity index (χ0) is 14.7. The zero-order valence-corrected chi connectivity index (χ0v) is 12.0. The number of nitrogen functional groups attached to an aromatic ring is 1. The summed E-state index contributed by atoms with van der Waals surface area (Å²) in [5.41, 5.74) is 7.72. The minimum Gasteiger partial charge on any atom is -0.455 e. The molecule has 0 saturated carbocycles. The van der Waals surface area contributed by atoms with Crippen LogP contribution in [0.15, 0.2) is 36.4 Å². The fourth-order valence-corrected chi connectivity index (χ4v) is 1.98. The van der Waals surface area contributed by atoms with Crippen LogP contribution in [0.25, 0.3) is 0 Å². The van der Waals surface area contributed by atoms with E-state index in [4.69, 9.17) is 22.1 Å². The Balaban J connectivity index is 2.35. The van der Waals surface area contributed by atoms with Crippen molar-refractivity contribution in [1.29, 1.82) is 0 Å². The van der Waals surface area contributed by atoms with Gasteiger partial charge in [0.2, 0.25) is 0 Å². The standard InChI is InChI=1S/C15H15ClN2O2/c1-9-7-11(16)4-6-13(9)20-14-8-10(15(19)18-2)3-5-12(14)17/h3-8H,17H2,1-2H3,(H,18,19). The Labute approximate surface area is 122 Å². The van der Waals surface area contributed by atoms with Gasteiger partial charge >= 0.3 is 0 Å². The van der Waals surface area contributed by atoms with E-state index in [1.807, 2.05) is 6.92 Å². The number of aryl methyl sites for hydroxylation is 1. The second-order valence-electron chi connectivity index (χ2n) is 4.34. The molecule has 0 radical (unpaired) electrons. The molecule has 0 atom stereocenters. The first kappa shape index (κ1) is 14.2. The highest BCUT2D eigenvalue weighted by molar-refractivity contribution is 6.30. The van der Waals surface area contributed by atoms with Gasteiger partial charge in [-0.1, -0.05) is 11.6 Å². The number of halogens is 1. The molecule has 3 N–H and O–H groups in total. The van der Waals surface area contributed by atoms with Crippen molar-refractivity contribution in [3.8, 4) is 11.5 Å². The van der Waals surface area contributed by atoms with Crippen LogP contribution in [0.2, 0.25) is 5.02 Å². The number of hydrogen-bond acceptors (Lipinski definition) is 3. The molecule has 2 aromatic carbocycles. The maximum Gasteiger partial charge on any atom is 0.251 e. The van der Waals surface area contributed by atoms with Gasteiger partial charge in [0.1, 0.15) is 5.75 Å². The number of benzene rings is 2. The summed E-state index contributed by atoms with van der Waals surface area (Å²) in [6.07, 6.45) is 0. The first-order chi connectivity index (χ1) is 9.51. The van der Waals surface area contributed by atoms with E-state index in [0.717, 1.165) is 5.56 Å². The van der Waals surface area contributed by atoms with Crippen molar-refractivity contribution in [3.05, 3.63) is 52.5 Å².